The molecule has 2 aliphatic rings. The highest BCUT2D eigenvalue weighted by Crippen LogP contribution is 2.26. The smallest absolute Gasteiger partial charge is 0.290 e. The number of benzene rings is 1. The third-order valence-electron chi connectivity index (χ3n) is 5.64. The summed E-state index contributed by atoms with van der Waals surface area (Å²) >= 11 is 0.885. The molecule has 5 rings (SSSR count). The summed E-state index contributed by atoms with van der Waals surface area (Å²) in [7, 11) is 0. The monoisotopic (exact) mass is 434 g/mol. The zero-order chi connectivity index (χ0) is 21.4. The second-order valence-corrected chi connectivity index (χ2v) is 8.51. The Morgan fingerprint density at radius 2 is 1.77 bits per heavy atom. The van der Waals surface area contributed by atoms with E-state index in [2.05, 4.69) is 56.4 Å². The van der Waals surface area contributed by atoms with Crippen LogP contribution >= 0.6 is 11.8 Å². The standard InChI is InChI=1S/C22H22N6O2S/c1-2-26-9-11-27(12-10-26)17-5-7-18(8-6-17)28-20-15(14-23-28)3-4-16(24-20)13-19-21(29)25-22(30)31-19/h3-8,13-14H,2,9-12H2,1H3,(H,25,29,30). The maximum atomic E-state index is 11.8. The number of hydrogen-bond acceptors (Lipinski definition) is 7. The molecular weight excluding hydrogens is 412 g/mol. The molecule has 0 saturated carbocycles. The van der Waals surface area contributed by atoms with E-state index in [-0.39, 0.29) is 11.1 Å². The number of rotatable bonds is 4. The van der Waals surface area contributed by atoms with Crippen LogP contribution in [-0.2, 0) is 4.79 Å². The molecule has 0 radical (unpaired) electrons. The molecule has 0 unspecified atom stereocenters. The van der Waals surface area contributed by atoms with Crippen LogP contribution in [-0.4, -0.2) is 63.5 Å². The predicted molar refractivity (Wildman–Crippen MR) is 122 cm³/mol. The summed E-state index contributed by atoms with van der Waals surface area (Å²) in [6.45, 7) is 7.55. The molecule has 8 nitrogen and oxygen atoms in total. The minimum absolute atomic E-state index is 0.343. The molecule has 0 aliphatic carbocycles. The molecule has 0 spiro atoms. The van der Waals surface area contributed by atoms with Crippen LogP contribution < -0.4 is 10.2 Å². The molecule has 1 N–H and O–H groups in total. The first-order valence-electron chi connectivity index (χ1n) is 10.3. The second kappa shape index (κ2) is 8.16. The van der Waals surface area contributed by atoms with Gasteiger partial charge in [-0.15, -0.1) is 0 Å². The van der Waals surface area contributed by atoms with Crippen LogP contribution in [0, 0.1) is 0 Å². The number of anilines is 1. The Balaban J connectivity index is 1.41. The van der Waals surface area contributed by atoms with E-state index in [1.807, 2.05) is 12.1 Å². The van der Waals surface area contributed by atoms with Crippen molar-refractivity contribution in [2.75, 3.05) is 37.6 Å². The number of nitrogens with one attached hydrogen (secondary N) is 1. The largest absolute Gasteiger partial charge is 0.369 e. The number of fused-ring (bicyclic) bond motifs is 1. The summed E-state index contributed by atoms with van der Waals surface area (Å²) in [4.78, 5) is 33.1. The van der Waals surface area contributed by atoms with Gasteiger partial charge in [0.2, 0.25) is 0 Å². The van der Waals surface area contributed by atoms with Crippen molar-refractivity contribution >= 4 is 45.7 Å². The van der Waals surface area contributed by atoms with Crippen LogP contribution in [0.5, 0.6) is 0 Å². The highest BCUT2D eigenvalue weighted by atomic mass is 32.2. The fourth-order valence-corrected chi connectivity index (χ4v) is 4.54. The van der Waals surface area contributed by atoms with Gasteiger partial charge in [0.1, 0.15) is 0 Å². The third-order valence-corrected chi connectivity index (χ3v) is 6.45. The summed E-state index contributed by atoms with van der Waals surface area (Å²) in [6.07, 6.45) is 3.40. The molecule has 1 aromatic carbocycles. The third kappa shape index (κ3) is 3.94. The normalized spacial score (nSPS) is 18.9. The first-order chi connectivity index (χ1) is 15.1. The first kappa shape index (κ1) is 19.8. The van der Waals surface area contributed by atoms with Gasteiger partial charge in [-0.3, -0.25) is 14.9 Å². The molecule has 4 heterocycles. The predicted octanol–water partition coefficient (Wildman–Crippen LogP) is 2.89. The van der Waals surface area contributed by atoms with Crippen LogP contribution in [0.3, 0.4) is 0 Å². The Hall–Kier alpha value is -3.17. The number of amides is 2. The maximum absolute atomic E-state index is 11.8. The maximum Gasteiger partial charge on any atom is 0.290 e. The van der Waals surface area contributed by atoms with Crippen molar-refractivity contribution in [2.24, 2.45) is 0 Å². The van der Waals surface area contributed by atoms with Gasteiger partial charge in [0.15, 0.2) is 5.65 Å². The molecule has 2 aliphatic heterocycles. The number of carbonyl (C=O) groups is 2. The molecule has 9 heteroatoms. The molecule has 2 fully saturated rings. The number of piperazine rings is 1. The highest BCUT2D eigenvalue weighted by molar-refractivity contribution is 8.18. The van der Waals surface area contributed by atoms with E-state index in [1.54, 1.807) is 17.0 Å². The molecule has 158 valence electrons. The van der Waals surface area contributed by atoms with Gasteiger partial charge in [-0.05, 0) is 60.8 Å². The number of hydrogen-bond donors (Lipinski definition) is 1. The molecule has 2 aromatic heterocycles. The van der Waals surface area contributed by atoms with Gasteiger partial charge in [-0.25, -0.2) is 9.67 Å². The molecule has 2 amide bonds. The lowest BCUT2D eigenvalue weighted by Crippen LogP contribution is -2.46. The quantitative estimate of drug-likeness (QED) is 0.632. The van der Waals surface area contributed by atoms with Crippen molar-refractivity contribution in [3.63, 3.8) is 0 Å². The fourth-order valence-electron chi connectivity index (χ4n) is 3.87. The van der Waals surface area contributed by atoms with Gasteiger partial charge >= 0.3 is 0 Å². The Bertz CT molecular complexity index is 1180. The number of thioether (sulfide) groups is 1. The number of aromatic nitrogens is 3. The van der Waals surface area contributed by atoms with Crippen molar-refractivity contribution in [3.05, 3.63) is 53.2 Å². The number of imide groups is 1. The van der Waals surface area contributed by atoms with Gasteiger partial charge in [-0.1, -0.05) is 6.92 Å². The van der Waals surface area contributed by atoms with Crippen LogP contribution in [0.15, 0.2) is 47.5 Å². The summed E-state index contributed by atoms with van der Waals surface area (Å²) in [5.41, 5.74) is 3.44. The Morgan fingerprint density at radius 3 is 2.45 bits per heavy atom. The lowest BCUT2D eigenvalue weighted by atomic mass is 10.2. The Morgan fingerprint density at radius 1 is 1.03 bits per heavy atom. The number of nitrogens with zero attached hydrogens (tertiary/aromatic N) is 5. The summed E-state index contributed by atoms with van der Waals surface area (Å²) in [6, 6.07) is 12.1. The molecule has 2 saturated heterocycles. The number of pyridine rings is 1. The summed E-state index contributed by atoms with van der Waals surface area (Å²) in [5.74, 6) is -0.388. The van der Waals surface area contributed by atoms with Gasteiger partial charge in [0, 0.05) is 37.3 Å². The van der Waals surface area contributed by atoms with E-state index < -0.39 is 0 Å². The lowest BCUT2D eigenvalue weighted by molar-refractivity contribution is -0.115. The molecular formula is C22H22N6O2S. The Kier molecular flexibility index (Phi) is 5.21. The minimum Gasteiger partial charge on any atom is -0.369 e. The zero-order valence-electron chi connectivity index (χ0n) is 17.1. The highest BCUT2D eigenvalue weighted by Gasteiger charge is 2.25. The minimum atomic E-state index is -0.388. The van der Waals surface area contributed by atoms with Crippen molar-refractivity contribution in [2.45, 2.75) is 6.92 Å². The lowest BCUT2D eigenvalue weighted by Gasteiger charge is -2.35. The van der Waals surface area contributed by atoms with Gasteiger partial charge in [0.25, 0.3) is 11.1 Å². The van der Waals surface area contributed by atoms with Crippen molar-refractivity contribution in [1.82, 2.24) is 25.0 Å². The molecule has 3 aromatic rings. The van der Waals surface area contributed by atoms with Crippen molar-refractivity contribution in [1.29, 1.82) is 0 Å². The summed E-state index contributed by atoms with van der Waals surface area (Å²) in [5, 5.41) is 7.30. The van der Waals surface area contributed by atoms with Crippen molar-refractivity contribution < 1.29 is 9.59 Å². The fraction of sp³-hybridized carbons (Fsp3) is 0.273. The van der Waals surface area contributed by atoms with Crippen LogP contribution in [0.1, 0.15) is 12.6 Å². The second-order valence-electron chi connectivity index (χ2n) is 7.50. The van der Waals surface area contributed by atoms with Gasteiger partial charge in [0.05, 0.1) is 22.5 Å². The van der Waals surface area contributed by atoms with E-state index in [0.29, 0.717) is 16.2 Å². The van der Waals surface area contributed by atoms with Gasteiger partial charge < -0.3 is 9.80 Å². The number of carbonyl (C=O) groups excluding carboxylic acids is 2. The van der Waals surface area contributed by atoms with E-state index in [9.17, 15) is 9.59 Å². The van der Waals surface area contributed by atoms with E-state index in [1.165, 1.54) is 5.69 Å². The molecule has 0 bridgehead atoms. The first-order valence-corrected chi connectivity index (χ1v) is 11.1. The van der Waals surface area contributed by atoms with Crippen molar-refractivity contribution in [3.8, 4) is 5.69 Å². The van der Waals surface area contributed by atoms with E-state index in [0.717, 1.165) is 55.6 Å². The average molecular weight is 435 g/mol. The van der Waals surface area contributed by atoms with E-state index in [4.69, 9.17) is 0 Å². The van der Waals surface area contributed by atoms with Crippen LogP contribution in [0.25, 0.3) is 22.8 Å². The SMILES string of the molecule is CCN1CCN(c2ccc(-n3ncc4ccc(C=C5SC(=O)NC5=O)nc43)cc2)CC1. The van der Waals surface area contributed by atoms with Crippen LogP contribution in [0.2, 0.25) is 0 Å². The summed E-state index contributed by atoms with van der Waals surface area (Å²) < 4.78 is 1.79. The van der Waals surface area contributed by atoms with E-state index >= 15 is 0 Å². The molecule has 0 atom stereocenters. The zero-order valence-corrected chi connectivity index (χ0v) is 17.9. The van der Waals surface area contributed by atoms with Crippen LogP contribution in [0.4, 0.5) is 10.5 Å². The number of likely N-dealkylation sites (N-methyl/N-ethyl adjacent to an activating group) is 1. The Labute approximate surface area is 183 Å². The molecule has 31 heavy (non-hydrogen) atoms. The topological polar surface area (TPSA) is 83.4 Å². The van der Waals surface area contributed by atoms with Gasteiger partial charge in [-0.2, -0.15) is 5.10 Å². The average Bonchev–Trinajstić information content (AvgIpc) is 3.36.